The Labute approximate surface area is 163 Å². The van der Waals surface area contributed by atoms with E-state index in [0.29, 0.717) is 17.9 Å². The third kappa shape index (κ3) is 4.39. The molecule has 0 amide bonds. The van der Waals surface area contributed by atoms with Crippen molar-refractivity contribution in [3.05, 3.63) is 47.8 Å². The molecule has 0 radical (unpaired) electrons. The zero-order valence-electron chi connectivity index (χ0n) is 14.8. The molecule has 0 aliphatic rings. The first-order valence-electron chi connectivity index (χ1n) is 8.30. The molecule has 3 aromatic rings. The molecule has 0 aliphatic carbocycles. The maximum absolute atomic E-state index is 14.5. The van der Waals surface area contributed by atoms with Gasteiger partial charge in [-0.05, 0) is 43.0 Å². The van der Waals surface area contributed by atoms with Gasteiger partial charge in [0.05, 0.1) is 16.9 Å². The van der Waals surface area contributed by atoms with Gasteiger partial charge in [0.25, 0.3) is 5.89 Å². The van der Waals surface area contributed by atoms with E-state index < -0.39 is 17.5 Å². The Morgan fingerprint density at radius 3 is 2.64 bits per heavy atom. The van der Waals surface area contributed by atoms with Crippen LogP contribution in [0.3, 0.4) is 0 Å². The van der Waals surface area contributed by atoms with Crippen molar-refractivity contribution in [3.8, 4) is 11.5 Å². The number of aromatic nitrogens is 2. The summed E-state index contributed by atoms with van der Waals surface area (Å²) in [4.78, 5) is 0.693. The lowest BCUT2D eigenvalue weighted by Gasteiger charge is -2.13. The molecule has 2 aromatic carbocycles. The molecule has 0 unspecified atom stereocenters. The van der Waals surface area contributed by atoms with Crippen LogP contribution in [-0.4, -0.2) is 34.7 Å². The molecule has 1 heterocycles. The largest absolute Gasteiger partial charge is 0.403 e. The smallest absolute Gasteiger partial charge is 0.315 e. The summed E-state index contributed by atoms with van der Waals surface area (Å²) in [5.74, 6) is -2.99. The van der Waals surface area contributed by atoms with Gasteiger partial charge in [0, 0.05) is 18.0 Å². The van der Waals surface area contributed by atoms with Gasteiger partial charge in [-0.2, -0.15) is 0 Å². The lowest BCUT2D eigenvalue weighted by Crippen LogP contribution is -2.03. The molecule has 0 bridgehead atoms. The Hall–Kier alpha value is -2.72. The van der Waals surface area contributed by atoms with E-state index in [1.807, 2.05) is 0 Å². The van der Waals surface area contributed by atoms with Crippen molar-refractivity contribution < 1.29 is 22.7 Å². The van der Waals surface area contributed by atoms with Crippen LogP contribution in [-0.2, 0) is 0 Å². The van der Waals surface area contributed by atoms with Crippen molar-refractivity contribution in [1.29, 1.82) is 0 Å². The van der Waals surface area contributed by atoms with Crippen LogP contribution in [0.2, 0.25) is 0 Å². The van der Waals surface area contributed by atoms with Crippen molar-refractivity contribution in [3.63, 3.8) is 0 Å². The molecule has 3 rings (SSSR count). The normalized spacial score (nSPS) is 10.9. The standard InChI is InChI=1S/C18H17F3N4O2S/c1-28-10-3-6-14(13(20)9-10)23-16-11(4-5-12(19)15(16)21)17-24-25-18(27-17)22-7-2-8-26/h3-6,9,23,26H,2,7-8H2,1H3,(H,22,25). The summed E-state index contributed by atoms with van der Waals surface area (Å²) in [7, 11) is 0. The number of hydrogen-bond donors (Lipinski definition) is 3. The molecule has 0 saturated heterocycles. The maximum Gasteiger partial charge on any atom is 0.315 e. The van der Waals surface area contributed by atoms with Crippen LogP contribution in [0, 0.1) is 17.5 Å². The molecular weight excluding hydrogens is 393 g/mol. The molecule has 1 aromatic heterocycles. The van der Waals surface area contributed by atoms with E-state index in [0.717, 1.165) is 6.07 Å². The van der Waals surface area contributed by atoms with Crippen LogP contribution >= 0.6 is 11.8 Å². The van der Waals surface area contributed by atoms with Crippen LogP contribution in [0.25, 0.3) is 11.5 Å². The fourth-order valence-electron chi connectivity index (χ4n) is 2.39. The average molecular weight is 410 g/mol. The first-order valence-corrected chi connectivity index (χ1v) is 9.53. The van der Waals surface area contributed by atoms with E-state index in [2.05, 4.69) is 20.8 Å². The van der Waals surface area contributed by atoms with Gasteiger partial charge in [0.15, 0.2) is 11.6 Å². The number of nitrogens with zero attached hydrogens (tertiary/aromatic N) is 2. The first kappa shape index (κ1) is 20.0. The number of halogens is 3. The Morgan fingerprint density at radius 1 is 1.11 bits per heavy atom. The molecule has 0 aliphatic heterocycles. The minimum atomic E-state index is -1.20. The molecule has 6 nitrogen and oxygen atoms in total. The lowest BCUT2D eigenvalue weighted by atomic mass is 10.1. The van der Waals surface area contributed by atoms with Crippen molar-refractivity contribution in [2.24, 2.45) is 0 Å². The van der Waals surface area contributed by atoms with Gasteiger partial charge in [-0.1, -0.05) is 5.10 Å². The number of nitrogens with one attached hydrogen (secondary N) is 2. The zero-order valence-corrected chi connectivity index (χ0v) is 15.6. The van der Waals surface area contributed by atoms with Gasteiger partial charge in [-0.15, -0.1) is 16.9 Å². The summed E-state index contributed by atoms with van der Waals surface area (Å²) < 4.78 is 48.0. The SMILES string of the molecule is CSc1ccc(Nc2c(-c3nnc(NCCCO)o3)ccc(F)c2F)c(F)c1. The molecule has 28 heavy (non-hydrogen) atoms. The molecular formula is C18H17F3N4O2S. The van der Waals surface area contributed by atoms with E-state index in [1.165, 1.54) is 30.0 Å². The fraction of sp³-hybridized carbons (Fsp3) is 0.222. The summed E-state index contributed by atoms with van der Waals surface area (Å²) >= 11 is 1.36. The number of rotatable bonds is 8. The number of hydrogen-bond acceptors (Lipinski definition) is 7. The van der Waals surface area contributed by atoms with Crippen LogP contribution in [0.1, 0.15) is 6.42 Å². The van der Waals surface area contributed by atoms with Gasteiger partial charge >= 0.3 is 6.01 Å². The third-order valence-corrected chi connectivity index (χ3v) is 4.52. The van der Waals surface area contributed by atoms with Crippen LogP contribution in [0.5, 0.6) is 0 Å². The Kier molecular flexibility index (Phi) is 6.42. The Balaban J connectivity index is 1.94. The second kappa shape index (κ2) is 8.98. The minimum Gasteiger partial charge on any atom is -0.403 e. The van der Waals surface area contributed by atoms with Crippen molar-refractivity contribution in [2.75, 3.05) is 30.0 Å². The van der Waals surface area contributed by atoms with E-state index in [4.69, 9.17) is 9.52 Å². The first-order chi connectivity index (χ1) is 13.5. The van der Waals surface area contributed by atoms with Crippen molar-refractivity contribution in [2.45, 2.75) is 11.3 Å². The molecule has 0 atom stereocenters. The molecule has 0 saturated carbocycles. The van der Waals surface area contributed by atoms with Crippen molar-refractivity contribution >= 4 is 29.2 Å². The summed E-state index contributed by atoms with van der Waals surface area (Å²) in [6.07, 6.45) is 2.27. The van der Waals surface area contributed by atoms with Gasteiger partial charge in [0.2, 0.25) is 0 Å². The minimum absolute atomic E-state index is 0.00781. The van der Waals surface area contributed by atoms with Gasteiger partial charge in [0.1, 0.15) is 5.82 Å². The highest BCUT2D eigenvalue weighted by Crippen LogP contribution is 2.35. The number of aliphatic hydroxyl groups excluding tert-OH is 1. The molecule has 3 N–H and O–H groups in total. The Bertz CT molecular complexity index is 968. The van der Waals surface area contributed by atoms with Crippen LogP contribution < -0.4 is 10.6 Å². The highest BCUT2D eigenvalue weighted by Gasteiger charge is 2.20. The monoisotopic (exact) mass is 410 g/mol. The number of aliphatic hydroxyl groups is 1. The number of thioether (sulfide) groups is 1. The van der Waals surface area contributed by atoms with E-state index in [1.54, 1.807) is 12.3 Å². The maximum atomic E-state index is 14.5. The molecule has 148 valence electrons. The highest BCUT2D eigenvalue weighted by molar-refractivity contribution is 7.98. The third-order valence-electron chi connectivity index (χ3n) is 3.80. The molecule has 10 heteroatoms. The highest BCUT2D eigenvalue weighted by atomic mass is 32.2. The second-order valence-corrected chi connectivity index (χ2v) is 6.55. The van der Waals surface area contributed by atoms with E-state index in [9.17, 15) is 13.2 Å². The van der Waals surface area contributed by atoms with E-state index >= 15 is 0 Å². The topological polar surface area (TPSA) is 83.2 Å². The molecule has 0 spiro atoms. The van der Waals surface area contributed by atoms with E-state index in [-0.39, 0.29) is 35.5 Å². The predicted octanol–water partition coefficient (Wildman–Crippen LogP) is 4.41. The van der Waals surface area contributed by atoms with Crippen LogP contribution in [0.15, 0.2) is 39.6 Å². The fourth-order valence-corrected chi connectivity index (χ4v) is 2.81. The molecule has 0 fully saturated rings. The number of anilines is 3. The summed E-state index contributed by atoms with van der Waals surface area (Å²) in [6.45, 7) is 0.389. The summed E-state index contributed by atoms with van der Waals surface area (Å²) in [5.41, 5.74) is -0.263. The van der Waals surface area contributed by atoms with Gasteiger partial charge < -0.3 is 20.2 Å². The quantitative estimate of drug-likeness (QED) is 0.375. The second-order valence-electron chi connectivity index (χ2n) is 5.67. The zero-order chi connectivity index (χ0) is 20.1. The Morgan fingerprint density at radius 2 is 1.93 bits per heavy atom. The number of benzene rings is 2. The predicted molar refractivity (Wildman–Crippen MR) is 101 cm³/mol. The summed E-state index contributed by atoms with van der Waals surface area (Å²) in [6, 6.07) is 6.63. The average Bonchev–Trinajstić information content (AvgIpc) is 3.15. The van der Waals surface area contributed by atoms with Crippen molar-refractivity contribution in [1.82, 2.24) is 10.2 Å². The lowest BCUT2D eigenvalue weighted by molar-refractivity contribution is 0.292. The summed E-state index contributed by atoms with van der Waals surface area (Å²) in [5, 5.41) is 21.8. The van der Waals surface area contributed by atoms with Gasteiger partial charge in [-0.3, -0.25) is 0 Å². The van der Waals surface area contributed by atoms with Crippen LogP contribution in [0.4, 0.5) is 30.6 Å². The van der Waals surface area contributed by atoms with Gasteiger partial charge in [-0.25, -0.2) is 13.2 Å².